The van der Waals surface area contributed by atoms with E-state index in [0.717, 1.165) is 17.7 Å². The Hall–Kier alpha value is -2.15. The van der Waals surface area contributed by atoms with Gasteiger partial charge in [0, 0.05) is 12.1 Å². The summed E-state index contributed by atoms with van der Waals surface area (Å²) >= 11 is 0. The van der Waals surface area contributed by atoms with Gasteiger partial charge in [-0.15, -0.1) is 5.10 Å². The van der Waals surface area contributed by atoms with Crippen LogP contribution in [0.2, 0.25) is 0 Å². The molecular formula is C14H21N5O2. The zero-order chi connectivity index (χ0) is 15.1. The minimum absolute atomic E-state index is 0.571. The molecular weight excluding hydrogens is 270 g/mol. The maximum atomic E-state index is 5.63. The summed E-state index contributed by atoms with van der Waals surface area (Å²) in [6.45, 7) is 6.34. The lowest BCUT2D eigenvalue weighted by atomic mass is 10.2. The number of rotatable bonds is 8. The Bertz CT molecular complexity index is 570. The summed E-state index contributed by atoms with van der Waals surface area (Å²) in [6, 6.07) is 5.71. The zero-order valence-corrected chi connectivity index (χ0v) is 12.5. The standard InChI is InChI=1S/C14H21N5O2/c1-3-20-12-7-6-11(10-13(12)21-4-2)14-16-17-18-19(14)9-5-8-15/h6-7,10H,3-5,8-9,15H2,1-2H3. The van der Waals surface area contributed by atoms with Crippen molar-refractivity contribution in [1.82, 2.24) is 20.2 Å². The highest BCUT2D eigenvalue weighted by Gasteiger charge is 2.12. The van der Waals surface area contributed by atoms with E-state index in [9.17, 15) is 0 Å². The van der Waals surface area contributed by atoms with E-state index in [1.165, 1.54) is 0 Å². The fourth-order valence-corrected chi connectivity index (χ4v) is 1.99. The quantitative estimate of drug-likeness (QED) is 0.792. The molecule has 2 rings (SSSR count). The number of benzene rings is 1. The Morgan fingerprint density at radius 2 is 1.90 bits per heavy atom. The molecule has 0 radical (unpaired) electrons. The van der Waals surface area contributed by atoms with Gasteiger partial charge < -0.3 is 15.2 Å². The molecule has 0 saturated heterocycles. The lowest BCUT2D eigenvalue weighted by Crippen LogP contribution is -2.08. The van der Waals surface area contributed by atoms with Gasteiger partial charge in [-0.05, 0) is 55.4 Å². The van der Waals surface area contributed by atoms with Gasteiger partial charge in [0.1, 0.15) is 0 Å². The number of hydrogen-bond donors (Lipinski definition) is 1. The highest BCUT2D eigenvalue weighted by Crippen LogP contribution is 2.32. The number of nitrogens with zero attached hydrogens (tertiary/aromatic N) is 4. The van der Waals surface area contributed by atoms with E-state index < -0.39 is 0 Å². The Morgan fingerprint density at radius 1 is 1.14 bits per heavy atom. The van der Waals surface area contributed by atoms with Crippen LogP contribution in [0.15, 0.2) is 18.2 Å². The first-order chi connectivity index (χ1) is 10.3. The molecule has 1 aromatic carbocycles. The van der Waals surface area contributed by atoms with Crippen LogP contribution in [-0.4, -0.2) is 40.0 Å². The molecule has 1 aromatic heterocycles. The van der Waals surface area contributed by atoms with Gasteiger partial charge in [-0.3, -0.25) is 0 Å². The smallest absolute Gasteiger partial charge is 0.182 e. The number of nitrogens with two attached hydrogens (primary N) is 1. The van der Waals surface area contributed by atoms with Gasteiger partial charge in [0.2, 0.25) is 0 Å². The van der Waals surface area contributed by atoms with Crippen molar-refractivity contribution in [2.45, 2.75) is 26.8 Å². The third kappa shape index (κ3) is 3.69. The molecule has 0 amide bonds. The number of aryl methyl sites for hydroxylation is 1. The maximum absolute atomic E-state index is 5.63. The summed E-state index contributed by atoms with van der Waals surface area (Å²) in [5.41, 5.74) is 6.42. The van der Waals surface area contributed by atoms with Crippen LogP contribution < -0.4 is 15.2 Å². The lowest BCUT2D eigenvalue weighted by molar-refractivity contribution is 0.288. The summed E-state index contributed by atoms with van der Waals surface area (Å²) in [6.07, 6.45) is 0.827. The normalized spacial score (nSPS) is 10.6. The molecule has 114 valence electrons. The molecule has 7 nitrogen and oxygen atoms in total. The predicted octanol–water partition coefficient (Wildman–Crippen LogP) is 1.49. The first-order valence-electron chi connectivity index (χ1n) is 7.16. The summed E-state index contributed by atoms with van der Waals surface area (Å²) in [4.78, 5) is 0. The van der Waals surface area contributed by atoms with Gasteiger partial charge in [-0.25, -0.2) is 4.68 Å². The molecule has 0 saturated carbocycles. The monoisotopic (exact) mass is 291 g/mol. The second kappa shape index (κ2) is 7.58. The van der Waals surface area contributed by atoms with Crippen LogP contribution in [0.5, 0.6) is 11.5 Å². The average Bonchev–Trinajstić information content (AvgIpc) is 2.96. The van der Waals surface area contributed by atoms with Gasteiger partial charge in [0.05, 0.1) is 13.2 Å². The molecule has 0 aliphatic rings. The third-order valence-electron chi connectivity index (χ3n) is 2.91. The third-order valence-corrected chi connectivity index (χ3v) is 2.91. The van der Waals surface area contributed by atoms with E-state index in [-0.39, 0.29) is 0 Å². The molecule has 0 aliphatic carbocycles. The van der Waals surface area contributed by atoms with Crippen molar-refractivity contribution in [1.29, 1.82) is 0 Å². The fraction of sp³-hybridized carbons (Fsp3) is 0.500. The molecule has 0 unspecified atom stereocenters. The van der Waals surface area contributed by atoms with Crippen LogP contribution >= 0.6 is 0 Å². The lowest BCUT2D eigenvalue weighted by Gasteiger charge is -2.12. The molecule has 0 aliphatic heterocycles. The van der Waals surface area contributed by atoms with Crippen molar-refractivity contribution in [3.8, 4) is 22.9 Å². The van der Waals surface area contributed by atoms with Gasteiger partial charge >= 0.3 is 0 Å². The minimum atomic E-state index is 0.571. The van der Waals surface area contributed by atoms with Gasteiger partial charge in [-0.1, -0.05) is 0 Å². The molecule has 7 heteroatoms. The Morgan fingerprint density at radius 3 is 2.62 bits per heavy atom. The summed E-state index contributed by atoms with van der Waals surface area (Å²) in [7, 11) is 0. The Kier molecular flexibility index (Phi) is 5.51. The van der Waals surface area contributed by atoms with Gasteiger partial charge in [0.15, 0.2) is 17.3 Å². The molecule has 0 spiro atoms. The maximum Gasteiger partial charge on any atom is 0.182 e. The molecule has 1 heterocycles. The van der Waals surface area contributed by atoms with E-state index in [1.54, 1.807) is 4.68 Å². The van der Waals surface area contributed by atoms with Crippen LogP contribution in [0.1, 0.15) is 20.3 Å². The molecule has 0 bridgehead atoms. The Balaban J connectivity index is 2.31. The largest absolute Gasteiger partial charge is 0.490 e. The number of hydrogen-bond acceptors (Lipinski definition) is 6. The summed E-state index contributed by atoms with van der Waals surface area (Å²) < 4.78 is 12.9. The van der Waals surface area contributed by atoms with Crippen LogP contribution in [0.25, 0.3) is 11.4 Å². The van der Waals surface area contributed by atoms with Crippen LogP contribution in [0.3, 0.4) is 0 Å². The molecule has 21 heavy (non-hydrogen) atoms. The highest BCUT2D eigenvalue weighted by molar-refractivity contribution is 5.60. The van der Waals surface area contributed by atoms with Gasteiger partial charge in [-0.2, -0.15) is 0 Å². The zero-order valence-electron chi connectivity index (χ0n) is 12.5. The van der Waals surface area contributed by atoms with Gasteiger partial charge in [0.25, 0.3) is 0 Å². The Labute approximate surface area is 124 Å². The van der Waals surface area contributed by atoms with E-state index in [2.05, 4.69) is 15.5 Å². The van der Waals surface area contributed by atoms with Crippen LogP contribution in [-0.2, 0) is 6.54 Å². The topological polar surface area (TPSA) is 88.1 Å². The number of tetrazole rings is 1. The van der Waals surface area contributed by atoms with E-state index in [1.807, 2.05) is 32.0 Å². The summed E-state index contributed by atoms with van der Waals surface area (Å²) in [5, 5.41) is 11.8. The summed E-state index contributed by atoms with van der Waals surface area (Å²) in [5.74, 6) is 2.13. The molecule has 2 aromatic rings. The average molecular weight is 291 g/mol. The van der Waals surface area contributed by atoms with Crippen LogP contribution in [0.4, 0.5) is 0 Å². The number of aromatic nitrogens is 4. The van der Waals surface area contributed by atoms with Crippen LogP contribution in [0, 0.1) is 0 Å². The second-order valence-corrected chi connectivity index (χ2v) is 4.40. The van der Waals surface area contributed by atoms with Crippen molar-refractivity contribution in [2.24, 2.45) is 5.73 Å². The SMILES string of the molecule is CCOc1ccc(-c2nnnn2CCCN)cc1OCC. The fourth-order valence-electron chi connectivity index (χ4n) is 1.99. The van der Waals surface area contributed by atoms with E-state index in [0.29, 0.717) is 37.9 Å². The van der Waals surface area contributed by atoms with E-state index in [4.69, 9.17) is 15.2 Å². The molecule has 0 fully saturated rings. The van der Waals surface area contributed by atoms with Crippen molar-refractivity contribution >= 4 is 0 Å². The van der Waals surface area contributed by atoms with Crippen molar-refractivity contribution in [3.63, 3.8) is 0 Å². The van der Waals surface area contributed by atoms with E-state index >= 15 is 0 Å². The number of ether oxygens (including phenoxy) is 2. The second-order valence-electron chi connectivity index (χ2n) is 4.40. The highest BCUT2D eigenvalue weighted by atomic mass is 16.5. The van der Waals surface area contributed by atoms with Crippen molar-refractivity contribution < 1.29 is 9.47 Å². The van der Waals surface area contributed by atoms with Crippen molar-refractivity contribution in [2.75, 3.05) is 19.8 Å². The van der Waals surface area contributed by atoms with Crippen molar-refractivity contribution in [3.05, 3.63) is 18.2 Å². The predicted molar refractivity (Wildman–Crippen MR) is 79.3 cm³/mol. The first-order valence-corrected chi connectivity index (χ1v) is 7.16. The molecule has 0 atom stereocenters. The minimum Gasteiger partial charge on any atom is -0.490 e. The first kappa shape index (κ1) is 15.2. The molecule has 2 N–H and O–H groups in total.